The highest BCUT2D eigenvalue weighted by Gasteiger charge is 2.13. The van der Waals surface area contributed by atoms with Gasteiger partial charge in [0.05, 0.1) is 12.8 Å². The maximum atomic E-state index is 5.91. The van der Waals surface area contributed by atoms with E-state index in [1.165, 1.54) is 0 Å². The van der Waals surface area contributed by atoms with Gasteiger partial charge in [-0.15, -0.1) is 0 Å². The molecule has 6 heteroatoms. The van der Waals surface area contributed by atoms with Gasteiger partial charge in [-0.1, -0.05) is 54.7 Å². The summed E-state index contributed by atoms with van der Waals surface area (Å²) in [4.78, 5) is 5.16. The average molecular weight is 467 g/mol. The van der Waals surface area contributed by atoms with Gasteiger partial charge < -0.3 is 19.2 Å². The second-order valence-corrected chi connectivity index (χ2v) is 8.06. The molecule has 168 valence electrons. The zero-order chi connectivity index (χ0) is 23.3. The molecule has 0 saturated carbocycles. The fourth-order valence-electron chi connectivity index (χ4n) is 3.57. The van der Waals surface area contributed by atoms with Crippen LogP contribution >= 0.6 is 12.2 Å². The van der Waals surface area contributed by atoms with Gasteiger partial charge in [0, 0.05) is 11.1 Å². The van der Waals surface area contributed by atoms with E-state index < -0.39 is 0 Å². The summed E-state index contributed by atoms with van der Waals surface area (Å²) < 4.78 is 17.3. The first-order valence-corrected chi connectivity index (χ1v) is 11.2. The molecule has 0 unspecified atom stereocenters. The molecule has 0 radical (unpaired) electrons. The van der Waals surface area contributed by atoms with Gasteiger partial charge in [0.25, 0.3) is 0 Å². The highest BCUT2D eigenvalue weighted by molar-refractivity contribution is 7.81. The fraction of sp³-hybridized carbons (Fsp3) is 0.0714. The minimum atomic E-state index is 0.517. The van der Waals surface area contributed by atoms with E-state index in [4.69, 9.17) is 26.1 Å². The van der Waals surface area contributed by atoms with Crippen molar-refractivity contribution in [1.82, 2.24) is 4.98 Å². The normalized spacial score (nSPS) is 10.7. The Kier molecular flexibility index (Phi) is 6.23. The number of oxazole rings is 1. The van der Waals surface area contributed by atoms with E-state index in [-0.39, 0.29) is 0 Å². The lowest BCUT2D eigenvalue weighted by Gasteiger charge is -2.13. The number of benzene rings is 4. The van der Waals surface area contributed by atoms with Gasteiger partial charge in [0.15, 0.2) is 5.58 Å². The molecule has 0 aliphatic carbocycles. The lowest BCUT2D eigenvalue weighted by atomic mass is 10.1. The van der Waals surface area contributed by atoms with Crippen molar-refractivity contribution in [3.05, 3.63) is 108 Å². The van der Waals surface area contributed by atoms with E-state index in [0.29, 0.717) is 23.2 Å². The minimum absolute atomic E-state index is 0.517. The Morgan fingerprint density at radius 2 is 1.68 bits per heavy atom. The molecule has 5 rings (SSSR count). The number of ether oxygens (including phenoxy) is 2. The third-order valence-corrected chi connectivity index (χ3v) is 5.69. The summed E-state index contributed by atoms with van der Waals surface area (Å²) in [6.45, 7) is 0.517. The van der Waals surface area contributed by atoms with E-state index in [1.807, 2.05) is 97.1 Å². The molecule has 1 N–H and O–H groups in total. The van der Waals surface area contributed by atoms with Crippen molar-refractivity contribution >= 4 is 34.0 Å². The summed E-state index contributed by atoms with van der Waals surface area (Å²) in [5.74, 6) is 1.99. The van der Waals surface area contributed by atoms with Gasteiger partial charge in [-0.3, -0.25) is 0 Å². The zero-order valence-electron chi connectivity index (χ0n) is 18.5. The van der Waals surface area contributed by atoms with E-state index in [0.717, 1.165) is 39.2 Å². The van der Waals surface area contributed by atoms with E-state index in [2.05, 4.69) is 10.3 Å². The Labute approximate surface area is 203 Å². The smallest absolute Gasteiger partial charge is 0.227 e. The van der Waals surface area contributed by atoms with Gasteiger partial charge in [-0.2, -0.15) is 0 Å². The topological polar surface area (TPSA) is 56.5 Å². The quantitative estimate of drug-likeness (QED) is 0.264. The lowest BCUT2D eigenvalue weighted by Crippen LogP contribution is -2.11. The summed E-state index contributed by atoms with van der Waals surface area (Å²) in [6.07, 6.45) is 0. The van der Waals surface area contributed by atoms with Crippen LogP contribution in [0.4, 0.5) is 5.69 Å². The number of fused-ring (bicyclic) bond motifs is 1. The average Bonchev–Trinajstić information content (AvgIpc) is 3.33. The molecule has 0 aliphatic rings. The van der Waals surface area contributed by atoms with Crippen molar-refractivity contribution in [3.63, 3.8) is 0 Å². The van der Waals surface area contributed by atoms with Crippen LogP contribution in [0.3, 0.4) is 0 Å². The number of para-hydroxylation sites is 2. The van der Waals surface area contributed by atoms with Crippen LogP contribution in [0, 0.1) is 0 Å². The second-order valence-electron chi connectivity index (χ2n) is 7.65. The van der Waals surface area contributed by atoms with Gasteiger partial charge in [-0.05, 0) is 60.2 Å². The van der Waals surface area contributed by atoms with Crippen molar-refractivity contribution in [1.29, 1.82) is 0 Å². The molecule has 0 atom stereocenters. The summed E-state index contributed by atoms with van der Waals surface area (Å²) in [5.41, 5.74) is 5.11. The zero-order valence-corrected chi connectivity index (χ0v) is 19.3. The van der Waals surface area contributed by atoms with Crippen LogP contribution in [-0.2, 0) is 6.61 Å². The number of methoxy groups -OCH3 is 1. The molecule has 0 aliphatic heterocycles. The first kappa shape index (κ1) is 21.7. The van der Waals surface area contributed by atoms with Gasteiger partial charge in [0.1, 0.15) is 28.6 Å². The van der Waals surface area contributed by atoms with Crippen molar-refractivity contribution < 1.29 is 13.9 Å². The number of nitrogens with zero attached hydrogens (tertiary/aromatic N) is 1. The number of hydrogen-bond acceptors (Lipinski definition) is 5. The van der Waals surface area contributed by atoms with Crippen LogP contribution < -0.4 is 14.8 Å². The summed E-state index contributed by atoms with van der Waals surface area (Å²) in [7, 11) is 1.63. The molecule has 0 amide bonds. The molecule has 0 saturated heterocycles. The Bertz CT molecular complexity index is 1400. The third-order valence-electron chi connectivity index (χ3n) is 5.35. The first-order chi connectivity index (χ1) is 16.7. The standard InChI is InChI=1S/C28H22N2O3S/c1-31-25-16-13-21(27-29-23-9-5-6-10-26(23)33-27)17-24(25)30-28(34)20-11-14-22(15-12-20)32-18-19-7-3-2-4-8-19/h2-17H,18H2,1H3,(H,30,34). The number of nitrogens with one attached hydrogen (secondary N) is 1. The fourth-order valence-corrected chi connectivity index (χ4v) is 3.82. The van der Waals surface area contributed by atoms with Crippen LogP contribution in [0.15, 0.2) is 101 Å². The SMILES string of the molecule is COc1ccc(-c2nc3ccccc3o2)cc1NC(=S)c1ccc(OCc2ccccc2)cc1. The van der Waals surface area contributed by atoms with E-state index in [1.54, 1.807) is 7.11 Å². The lowest BCUT2D eigenvalue weighted by molar-refractivity contribution is 0.306. The van der Waals surface area contributed by atoms with Gasteiger partial charge >= 0.3 is 0 Å². The van der Waals surface area contributed by atoms with Crippen molar-refractivity contribution in [3.8, 4) is 23.0 Å². The van der Waals surface area contributed by atoms with Crippen LogP contribution in [0.2, 0.25) is 0 Å². The molecule has 1 heterocycles. The first-order valence-electron chi connectivity index (χ1n) is 10.8. The van der Waals surface area contributed by atoms with Crippen molar-refractivity contribution in [2.45, 2.75) is 6.61 Å². The van der Waals surface area contributed by atoms with E-state index in [9.17, 15) is 0 Å². The Balaban J connectivity index is 1.32. The van der Waals surface area contributed by atoms with Crippen LogP contribution in [0.25, 0.3) is 22.6 Å². The molecule has 5 nitrogen and oxygen atoms in total. The predicted octanol–water partition coefficient (Wildman–Crippen LogP) is 6.87. The Morgan fingerprint density at radius 1 is 0.912 bits per heavy atom. The molecule has 34 heavy (non-hydrogen) atoms. The molecular weight excluding hydrogens is 444 g/mol. The molecule has 0 fully saturated rings. The van der Waals surface area contributed by atoms with Crippen LogP contribution in [0.1, 0.15) is 11.1 Å². The van der Waals surface area contributed by atoms with Crippen LogP contribution in [0.5, 0.6) is 11.5 Å². The van der Waals surface area contributed by atoms with Gasteiger partial charge in [-0.25, -0.2) is 4.98 Å². The maximum Gasteiger partial charge on any atom is 0.227 e. The minimum Gasteiger partial charge on any atom is -0.495 e. The number of aromatic nitrogens is 1. The maximum absolute atomic E-state index is 5.91. The number of hydrogen-bond donors (Lipinski definition) is 1. The molecule has 0 bridgehead atoms. The van der Waals surface area contributed by atoms with Crippen molar-refractivity contribution in [2.24, 2.45) is 0 Å². The molecule has 0 spiro atoms. The Hall–Kier alpha value is -4.16. The molecule has 1 aromatic heterocycles. The highest BCUT2D eigenvalue weighted by atomic mass is 32.1. The summed E-state index contributed by atoms with van der Waals surface area (Å²) in [6, 6.07) is 31.2. The van der Waals surface area contributed by atoms with Crippen molar-refractivity contribution in [2.75, 3.05) is 12.4 Å². The van der Waals surface area contributed by atoms with Crippen LogP contribution in [-0.4, -0.2) is 17.1 Å². The molecular formula is C28H22N2O3S. The molecule has 4 aromatic carbocycles. The second kappa shape index (κ2) is 9.77. The number of rotatable bonds is 7. The summed E-state index contributed by atoms with van der Waals surface area (Å²) in [5, 5.41) is 3.30. The molecule has 5 aromatic rings. The Morgan fingerprint density at radius 3 is 2.44 bits per heavy atom. The number of anilines is 1. The summed E-state index contributed by atoms with van der Waals surface area (Å²) >= 11 is 5.66. The predicted molar refractivity (Wildman–Crippen MR) is 139 cm³/mol. The van der Waals surface area contributed by atoms with E-state index >= 15 is 0 Å². The largest absolute Gasteiger partial charge is 0.495 e. The monoisotopic (exact) mass is 466 g/mol. The highest BCUT2D eigenvalue weighted by Crippen LogP contribution is 2.32. The van der Waals surface area contributed by atoms with Gasteiger partial charge in [0.2, 0.25) is 5.89 Å². The number of thiocarbonyl (C=S) groups is 1. The third kappa shape index (κ3) is 4.77.